The van der Waals surface area contributed by atoms with Gasteiger partial charge >= 0.3 is 0 Å². The van der Waals surface area contributed by atoms with E-state index in [-0.39, 0.29) is 0 Å². The first-order chi connectivity index (χ1) is 7.78. The Labute approximate surface area is 98.1 Å². The molecule has 0 aliphatic heterocycles. The minimum atomic E-state index is 0.550. The molecule has 0 fully saturated rings. The van der Waals surface area contributed by atoms with E-state index < -0.39 is 0 Å². The second-order valence-corrected chi connectivity index (χ2v) is 4.24. The van der Waals surface area contributed by atoms with Crippen LogP contribution in [0.3, 0.4) is 0 Å². The number of nitrogens with one attached hydrogen (secondary N) is 1. The molecule has 0 radical (unpaired) electrons. The Morgan fingerprint density at radius 3 is 3.06 bits per heavy atom. The van der Waals surface area contributed by atoms with Gasteiger partial charge in [0.2, 0.25) is 11.0 Å². The molecule has 86 valence electrons. The fourth-order valence-corrected chi connectivity index (χ4v) is 1.89. The van der Waals surface area contributed by atoms with Crippen molar-refractivity contribution >= 4 is 16.7 Å². The van der Waals surface area contributed by atoms with Crippen LogP contribution in [0.1, 0.15) is 30.8 Å². The standard InChI is InChI=1S/C10H14N4OS/c1-3-4-8-13-10(16-14-8)12-6-9-11-5-7(2)15-9/h5H,3-4,6H2,1-2H3,(H,12,13,14). The Hall–Kier alpha value is -1.43. The number of oxazole rings is 1. The van der Waals surface area contributed by atoms with Gasteiger partial charge in [0.1, 0.15) is 11.6 Å². The number of rotatable bonds is 5. The third-order valence-corrected chi connectivity index (χ3v) is 2.71. The maximum absolute atomic E-state index is 5.34. The molecule has 0 aliphatic rings. The summed E-state index contributed by atoms with van der Waals surface area (Å²) in [6, 6.07) is 0. The summed E-state index contributed by atoms with van der Waals surface area (Å²) in [5.41, 5.74) is 0. The summed E-state index contributed by atoms with van der Waals surface area (Å²) in [6.07, 6.45) is 3.70. The molecule has 6 heteroatoms. The molecular formula is C10H14N4OS. The molecule has 0 aromatic carbocycles. The average molecular weight is 238 g/mol. The third kappa shape index (κ3) is 2.79. The SMILES string of the molecule is CCCc1nsc(NCc2ncc(C)o2)n1. The first kappa shape index (κ1) is 11.1. The molecule has 0 saturated carbocycles. The molecule has 0 atom stereocenters. The van der Waals surface area contributed by atoms with Crippen molar-refractivity contribution in [1.82, 2.24) is 14.3 Å². The van der Waals surface area contributed by atoms with Crippen molar-refractivity contribution in [2.24, 2.45) is 0 Å². The van der Waals surface area contributed by atoms with Crippen LogP contribution in [0.15, 0.2) is 10.6 Å². The van der Waals surface area contributed by atoms with Crippen molar-refractivity contribution in [3.8, 4) is 0 Å². The van der Waals surface area contributed by atoms with Crippen molar-refractivity contribution in [3.63, 3.8) is 0 Å². The quantitative estimate of drug-likeness (QED) is 0.866. The van der Waals surface area contributed by atoms with E-state index in [0.29, 0.717) is 12.4 Å². The van der Waals surface area contributed by atoms with Crippen molar-refractivity contribution < 1.29 is 4.42 Å². The predicted molar refractivity (Wildman–Crippen MR) is 62.5 cm³/mol. The van der Waals surface area contributed by atoms with Crippen LogP contribution in [0.4, 0.5) is 5.13 Å². The first-order valence-electron chi connectivity index (χ1n) is 5.25. The van der Waals surface area contributed by atoms with E-state index in [4.69, 9.17) is 4.42 Å². The molecule has 2 aromatic rings. The number of hydrogen-bond donors (Lipinski definition) is 1. The molecule has 1 N–H and O–H groups in total. The lowest BCUT2D eigenvalue weighted by Gasteiger charge is -1.96. The summed E-state index contributed by atoms with van der Waals surface area (Å²) >= 11 is 1.37. The van der Waals surface area contributed by atoms with Crippen molar-refractivity contribution in [3.05, 3.63) is 23.7 Å². The van der Waals surface area contributed by atoms with Crippen LogP contribution in [-0.2, 0) is 13.0 Å². The molecule has 16 heavy (non-hydrogen) atoms. The Bertz CT molecular complexity index is 451. The maximum atomic E-state index is 5.34. The number of aryl methyl sites for hydroxylation is 2. The summed E-state index contributed by atoms with van der Waals surface area (Å²) in [5, 5.41) is 3.96. The lowest BCUT2D eigenvalue weighted by atomic mass is 10.3. The van der Waals surface area contributed by atoms with Gasteiger partial charge in [0, 0.05) is 18.0 Å². The van der Waals surface area contributed by atoms with Crippen LogP contribution in [0.2, 0.25) is 0 Å². The Balaban J connectivity index is 1.89. The van der Waals surface area contributed by atoms with E-state index in [0.717, 1.165) is 29.6 Å². The lowest BCUT2D eigenvalue weighted by Crippen LogP contribution is -1.99. The topological polar surface area (TPSA) is 63.8 Å². The normalized spacial score (nSPS) is 10.6. The lowest BCUT2D eigenvalue weighted by molar-refractivity contribution is 0.479. The van der Waals surface area contributed by atoms with Gasteiger partial charge < -0.3 is 9.73 Å². The second-order valence-electron chi connectivity index (χ2n) is 3.48. The second kappa shape index (κ2) is 5.07. The molecule has 0 spiro atoms. The highest BCUT2D eigenvalue weighted by molar-refractivity contribution is 7.09. The average Bonchev–Trinajstić information content (AvgIpc) is 2.85. The van der Waals surface area contributed by atoms with Gasteiger partial charge in [-0.25, -0.2) is 9.97 Å². The zero-order valence-corrected chi connectivity index (χ0v) is 10.2. The van der Waals surface area contributed by atoms with Crippen LogP contribution < -0.4 is 5.32 Å². The molecule has 2 heterocycles. The Morgan fingerprint density at radius 1 is 1.50 bits per heavy atom. The summed E-state index contributed by atoms with van der Waals surface area (Å²) < 4.78 is 9.58. The highest BCUT2D eigenvalue weighted by Crippen LogP contribution is 2.13. The van der Waals surface area contributed by atoms with Crippen LogP contribution in [-0.4, -0.2) is 14.3 Å². The summed E-state index contributed by atoms with van der Waals surface area (Å²) in [7, 11) is 0. The summed E-state index contributed by atoms with van der Waals surface area (Å²) in [6.45, 7) is 4.54. The van der Waals surface area contributed by atoms with Crippen LogP contribution >= 0.6 is 11.5 Å². The van der Waals surface area contributed by atoms with Crippen molar-refractivity contribution in [1.29, 1.82) is 0 Å². The Kier molecular flexibility index (Phi) is 3.51. The van der Waals surface area contributed by atoms with Crippen LogP contribution in [0.25, 0.3) is 0 Å². The number of nitrogens with zero attached hydrogens (tertiary/aromatic N) is 3. The van der Waals surface area contributed by atoms with Gasteiger partial charge in [0.05, 0.1) is 12.7 Å². The van der Waals surface area contributed by atoms with E-state index in [1.807, 2.05) is 6.92 Å². The minimum Gasteiger partial charge on any atom is -0.444 e. The highest BCUT2D eigenvalue weighted by Gasteiger charge is 2.04. The van der Waals surface area contributed by atoms with Crippen LogP contribution in [0, 0.1) is 6.92 Å². The molecule has 2 rings (SSSR count). The van der Waals surface area contributed by atoms with E-state index >= 15 is 0 Å². The molecule has 0 unspecified atom stereocenters. The molecule has 0 aliphatic carbocycles. The van der Waals surface area contributed by atoms with Gasteiger partial charge in [0.25, 0.3) is 0 Å². The fraction of sp³-hybridized carbons (Fsp3) is 0.500. The summed E-state index contributed by atoms with van der Waals surface area (Å²) in [5.74, 6) is 2.39. The molecule has 0 bridgehead atoms. The zero-order chi connectivity index (χ0) is 11.4. The van der Waals surface area contributed by atoms with Gasteiger partial charge in [-0.05, 0) is 13.3 Å². The van der Waals surface area contributed by atoms with Gasteiger partial charge in [0.15, 0.2) is 0 Å². The smallest absolute Gasteiger partial charge is 0.213 e. The predicted octanol–water partition coefficient (Wildman–Crippen LogP) is 2.40. The van der Waals surface area contributed by atoms with Gasteiger partial charge in [-0.1, -0.05) is 6.92 Å². The van der Waals surface area contributed by atoms with Crippen molar-refractivity contribution in [2.75, 3.05) is 5.32 Å². The van der Waals surface area contributed by atoms with Gasteiger partial charge in [-0.15, -0.1) is 0 Å². The van der Waals surface area contributed by atoms with Crippen molar-refractivity contribution in [2.45, 2.75) is 33.2 Å². The van der Waals surface area contributed by atoms with E-state index in [9.17, 15) is 0 Å². The molecular weight excluding hydrogens is 224 g/mol. The highest BCUT2D eigenvalue weighted by atomic mass is 32.1. The van der Waals surface area contributed by atoms with Crippen LogP contribution in [0.5, 0.6) is 0 Å². The number of anilines is 1. The molecule has 0 amide bonds. The maximum Gasteiger partial charge on any atom is 0.213 e. The molecule has 2 aromatic heterocycles. The number of aromatic nitrogens is 3. The monoisotopic (exact) mass is 238 g/mol. The fourth-order valence-electron chi connectivity index (χ4n) is 1.29. The van der Waals surface area contributed by atoms with Gasteiger partial charge in [-0.3, -0.25) is 0 Å². The van der Waals surface area contributed by atoms with E-state index in [1.54, 1.807) is 6.20 Å². The molecule has 5 nitrogen and oxygen atoms in total. The third-order valence-electron chi connectivity index (χ3n) is 2.00. The molecule has 0 saturated heterocycles. The number of hydrogen-bond acceptors (Lipinski definition) is 6. The zero-order valence-electron chi connectivity index (χ0n) is 9.36. The summed E-state index contributed by atoms with van der Waals surface area (Å²) in [4.78, 5) is 8.45. The Morgan fingerprint density at radius 2 is 2.38 bits per heavy atom. The van der Waals surface area contributed by atoms with E-state index in [2.05, 4.69) is 26.6 Å². The van der Waals surface area contributed by atoms with Gasteiger partial charge in [-0.2, -0.15) is 4.37 Å². The van der Waals surface area contributed by atoms with E-state index in [1.165, 1.54) is 11.5 Å². The first-order valence-corrected chi connectivity index (χ1v) is 6.03. The largest absolute Gasteiger partial charge is 0.444 e. The minimum absolute atomic E-state index is 0.550.